The molecule has 1 aromatic heterocycles. The fourth-order valence-corrected chi connectivity index (χ4v) is 2.26. The Morgan fingerprint density at radius 1 is 1.06 bits per heavy atom. The number of fused-ring (bicyclic) bond motifs is 1. The number of hydrogen-bond acceptors (Lipinski definition) is 2. The fourth-order valence-electron chi connectivity index (χ4n) is 1.87. The van der Waals surface area contributed by atoms with Gasteiger partial charge in [-0.15, -0.1) is 0 Å². The molecule has 0 radical (unpaired) electrons. The monoisotopic (exact) mass is 277 g/mol. The van der Waals surface area contributed by atoms with Gasteiger partial charge >= 0.3 is 0 Å². The summed E-state index contributed by atoms with van der Waals surface area (Å²) >= 11 is 12.2. The number of aromatic amines is 1. The molecule has 0 amide bonds. The third kappa shape index (κ3) is 1.72. The van der Waals surface area contributed by atoms with Gasteiger partial charge in [0.25, 0.3) is 0 Å². The smallest absolute Gasteiger partial charge is 0.140 e. The maximum absolute atomic E-state index is 6.17. The highest BCUT2D eigenvalue weighted by molar-refractivity contribution is 6.43. The van der Waals surface area contributed by atoms with E-state index in [4.69, 9.17) is 28.9 Å². The van der Waals surface area contributed by atoms with Gasteiger partial charge in [-0.25, -0.2) is 4.98 Å². The molecule has 3 N–H and O–H groups in total. The van der Waals surface area contributed by atoms with E-state index in [0.717, 1.165) is 16.6 Å². The molecule has 0 aliphatic carbocycles. The lowest BCUT2D eigenvalue weighted by Gasteiger charge is -2.01. The number of nitrogen functional groups attached to an aromatic ring is 1. The van der Waals surface area contributed by atoms with Crippen LogP contribution in [0.5, 0.6) is 0 Å². The van der Waals surface area contributed by atoms with Gasteiger partial charge in [0.1, 0.15) is 11.3 Å². The second-order valence-electron chi connectivity index (χ2n) is 3.93. The molecule has 1 heterocycles. The zero-order chi connectivity index (χ0) is 12.7. The van der Waals surface area contributed by atoms with E-state index in [0.29, 0.717) is 21.6 Å². The summed E-state index contributed by atoms with van der Waals surface area (Å²) in [5.74, 6) is 0.662. The number of halogens is 2. The summed E-state index contributed by atoms with van der Waals surface area (Å²) in [7, 11) is 0. The topological polar surface area (TPSA) is 54.7 Å². The van der Waals surface area contributed by atoms with E-state index in [2.05, 4.69) is 9.97 Å². The molecular formula is C13H9Cl2N3. The zero-order valence-electron chi connectivity index (χ0n) is 9.24. The van der Waals surface area contributed by atoms with Gasteiger partial charge in [0.05, 0.1) is 21.2 Å². The van der Waals surface area contributed by atoms with Crippen molar-refractivity contribution < 1.29 is 0 Å². The summed E-state index contributed by atoms with van der Waals surface area (Å²) in [4.78, 5) is 7.65. The maximum Gasteiger partial charge on any atom is 0.140 e. The first-order valence-corrected chi connectivity index (χ1v) is 6.11. The van der Waals surface area contributed by atoms with E-state index >= 15 is 0 Å². The number of nitrogens with zero attached hydrogens (tertiary/aromatic N) is 1. The second kappa shape index (κ2) is 4.19. The Bertz CT molecular complexity index is 734. The van der Waals surface area contributed by atoms with Gasteiger partial charge in [-0.05, 0) is 24.3 Å². The lowest BCUT2D eigenvalue weighted by atomic mass is 10.2. The normalized spacial score (nSPS) is 11.0. The number of nitrogens with two attached hydrogens (primary N) is 1. The van der Waals surface area contributed by atoms with Crippen LogP contribution in [0.25, 0.3) is 22.4 Å². The minimum atomic E-state index is 0.483. The number of para-hydroxylation sites is 1. The van der Waals surface area contributed by atoms with Crippen LogP contribution >= 0.6 is 23.2 Å². The molecule has 18 heavy (non-hydrogen) atoms. The van der Waals surface area contributed by atoms with Gasteiger partial charge in [-0.1, -0.05) is 35.3 Å². The second-order valence-corrected chi connectivity index (χ2v) is 4.72. The molecule has 0 spiro atoms. The first kappa shape index (κ1) is 11.4. The summed E-state index contributed by atoms with van der Waals surface area (Å²) in [5, 5.41) is 0.986. The third-order valence-electron chi connectivity index (χ3n) is 2.75. The van der Waals surface area contributed by atoms with Crippen molar-refractivity contribution in [3.8, 4) is 11.4 Å². The average molecular weight is 278 g/mol. The molecule has 5 heteroatoms. The predicted octanol–water partition coefficient (Wildman–Crippen LogP) is 4.12. The number of nitrogens with one attached hydrogen (secondary N) is 1. The lowest BCUT2D eigenvalue weighted by molar-refractivity contribution is 1.34. The molecule has 3 nitrogen and oxygen atoms in total. The van der Waals surface area contributed by atoms with Crippen LogP contribution in [0.4, 0.5) is 5.69 Å². The van der Waals surface area contributed by atoms with E-state index < -0.39 is 0 Å². The van der Waals surface area contributed by atoms with Gasteiger partial charge in [0.15, 0.2) is 0 Å². The van der Waals surface area contributed by atoms with Crippen LogP contribution in [0.3, 0.4) is 0 Å². The molecule has 0 unspecified atom stereocenters. The van der Waals surface area contributed by atoms with Crippen LogP contribution in [0, 0.1) is 0 Å². The predicted molar refractivity (Wildman–Crippen MR) is 76.0 cm³/mol. The number of rotatable bonds is 1. The van der Waals surface area contributed by atoms with Crippen molar-refractivity contribution in [2.45, 2.75) is 0 Å². The van der Waals surface area contributed by atoms with E-state index in [1.807, 2.05) is 30.3 Å². The van der Waals surface area contributed by atoms with Gasteiger partial charge in [0.2, 0.25) is 0 Å². The summed E-state index contributed by atoms with van der Waals surface area (Å²) < 4.78 is 0. The molecule has 3 rings (SSSR count). The summed E-state index contributed by atoms with van der Waals surface area (Å²) in [5.41, 5.74) is 8.89. The number of hydrogen-bond donors (Lipinski definition) is 2. The van der Waals surface area contributed by atoms with Gasteiger partial charge < -0.3 is 10.7 Å². The molecule has 0 bridgehead atoms. The third-order valence-corrected chi connectivity index (χ3v) is 3.57. The van der Waals surface area contributed by atoms with Crippen LogP contribution in [0.1, 0.15) is 0 Å². The van der Waals surface area contributed by atoms with Crippen LogP contribution in [-0.2, 0) is 0 Å². The van der Waals surface area contributed by atoms with Gasteiger partial charge in [0, 0.05) is 5.56 Å². The Labute approximate surface area is 114 Å². The minimum Gasteiger partial charge on any atom is -0.397 e. The highest BCUT2D eigenvalue weighted by Crippen LogP contribution is 2.33. The van der Waals surface area contributed by atoms with Crippen molar-refractivity contribution >= 4 is 39.9 Å². The molecule has 0 aliphatic heterocycles. The van der Waals surface area contributed by atoms with E-state index in [-0.39, 0.29) is 0 Å². The number of imidazole rings is 1. The van der Waals surface area contributed by atoms with Crippen molar-refractivity contribution in [3.63, 3.8) is 0 Å². The van der Waals surface area contributed by atoms with E-state index in [9.17, 15) is 0 Å². The molecule has 0 fully saturated rings. The molecule has 0 saturated heterocycles. The van der Waals surface area contributed by atoms with Gasteiger partial charge in [-0.3, -0.25) is 0 Å². The Kier molecular flexibility index (Phi) is 2.65. The standard InChI is InChI=1S/C13H9Cl2N3/c14-8-4-1-3-7(11(8)15)13-17-10-6-2-5-9(16)12(10)18-13/h1-6H,16H2,(H,17,18). The summed E-state index contributed by atoms with van der Waals surface area (Å²) in [6, 6.07) is 11.0. The molecule has 0 aliphatic rings. The quantitative estimate of drug-likeness (QED) is 0.658. The van der Waals surface area contributed by atoms with Gasteiger partial charge in [-0.2, -0.15) is 0 Å². The zero-order valence-corrected chi connectivity index (χ0v) is 10.8. The lowest BCUT2D eigenvalue weighted by Crippen LogP contribution is -1.85. The van der Waals surface area contributed by atoms with Crippen molar-refractivity contribution in [3.05, 3.63) is 46.4 Å². The van der Waals surface area contributed by atoms with Crippen molar-refractivity contribution in [1.29, 1.82) is 0 Å². The maximum atomic E-state index is 6.17. The number of H-pyrrole nitrogens is 1. The van der Waals surface area contributed by atoms with Crippen LogP contribution < -0.4 is 5.73 Å². The highest BCUT2D eigenvalue weighted by atomic mass is 35.5. The fraction of sp³-hybridized carbons (Fsp3) is 0. The Morgan fingerprint density at radius 2 is 1.83 bits per heavy atom. The first-order valence-electron chi connectivity index (χ1n) is 5.35. The van der Waals surface area contributed by atoms with Crippen molar-refractivity contribution in [2.24, 2.45) is 0 Å². The molecule has 90 valence electrons. The Hall–Kier alpha value is -1.71. The Balaban J connectivity index is 2.26. The van der Waals surface area contributed by atoms with Crippen LogP contribution in [0.15, 0.2) is 36.4 Å². The van der Waals surface area contributed by atoms with Crippen molar-refractivity contribution in [1.82, 2.24) is 9.97 Å². The number of anilines is 1. The van der Waals surface area contributed by atoms with E-state index in [1.54, 1.807) is 6.07 Å². The largest absolute Gasteiger partial charge is 0.397 e. The van der Waals surface area contributed by atoms with E-state index in [1.165, 1.54) is 0 Å². The highest BCUT2D eigenvalue weighted by Gasteiger charge is 2.11. The van der Waals surface area contributed by atoms with Crippen molar-refractivity contribution in [2.75, 3.05) is 5.73 Å². The molecule has 3 aromatic rings. The molecular weight excluding hydrogens is 269 g/mol. The number of aromatic nitrogens is 2. The molecule has 0 saturated carbocycles. The SMILES string of the molecule is Nc1cccc2[nH]c(-c3cccc(Cl)c3Cl)nc12. The minimum absolute atomic E-state index is 0.483. The molecule has 2 aromatic carbocycles. The number of benzene rings is 2. The van der Waals surface area contributed by atoms with Crippen LogP contribution in [-0.4, -0.2) is 9.97 Å². The van der Waals surface area contributed by atoms with Crippen LogP contribution in [0.2, 0.25) is 10.0 Å². The summed E-state index contributed by atoms with van der Waals surface area (Å²) in [6.07, 6.45) is 0. The Morgan fingerprint density at radius 3 is 2.61 bits per heavy atom. The average Bonchev–Trinajstić information content (AvgIpc) is 2.78. The summed E-state index contributed by atoms with van der Waals surface area (Å²) in [6.45, 7) is 0. The molecule has 0 atom stereocenters. The first-order chi connectivity index (χ1) is 8.66.